The molecule has 0 saturated carbocycles. The minimum atomic E-state index is 0. The molecule has 0 aromatic heterocycles. The van der Waals surface area contributed by atoms with Crippen LogP contribution in [0.2, 0.25) is 0 Å². The van der Waals surface area contributed by atoms with Gasteiger partial charge in [0, 0.05) is 6.61 Å². The smallest absolute Gasteiger partial charge is 0.0780 e. The first kappa shape index (κ1) is 23.7. The summed E-state index contributed by atoms with van der Waals surface area (Å²) in [6.07, 6.45) is 17.7. The quantitative estimate of drug-likeness (QED) is 0.346. The Morgan fingerprint density at radius 2 is 0.810 bits per heavy atom. The highest BCUT2D eigenvalue weighted by Crippen LogP contribution is 2.12. The number of hydrogen-bond donors (Lipinski definition) is 1. The fraction of sp³-hybridized carbons (Fsp3) is 1.00. The predicted octanol–water partition coefficient (Wildman–Crippen LogP) is 1.76. The minimum absolute atomic E-state index is 0. The molecule has 0 aliphatic carbocycles. The van der Waals surface area contributed by atoms with Crippen LogP contribution in [-0.2, 0) is 0 Å². The van der Waals surface area contributed by atoms with Crippen molar-refractivity contribution in [1.29, 1.82) is 0 Å². The Labute approximate surface area is 144 Å². The Balaban J connectivity index is 0. The van der Waals surface area contributed by atoms with E-state index < -0.39 is 0 Å². The Morgan fingerprint density at radius 3 is 1.10 bits per heavy atom. The van der Waals surface area contributed by atoms with Gasteiger partial charge in [-0.1, -0.05) is 64.2 Å². The molecule has 0 bridgehead atoms. The van der Waals surface area contributed by atoms with Crippen molar-refractivity contribution in [3.05, 3.63) is 0 Å². The SMILES string of the molecule is C[N+](C)(C)CCCCCCCCCCCCCCCO.[Br-]. The highest BCUT2D eigenvalue weighted by Gasteiger charge is 2.04. The number of nitrogens with zero attached hydrogens (tertiary/aromatic N) is 1. The zero-order valence-electron chi connectivity index (χ0n) is 14.9. The molecule has 0 radical (unpaired) electrons. The number of halogens is 1. The molecule has 0 aliphatic heterocycles. The molecule has 21 heavy (non-hydrogen) atoms. The van der Waals surface area contributed by atoms with Crippen molar-refractivity contribution in [1.82, 2.24) is 0 Å². The number of aliphatic hydroxyl groups is 1. The van der Waals surface area contributed by atoms with Crippen molar-refractivity contribution in [2.45, 2.75) is 83.5 Å². The minimum Gasteiger partial charge on any atom is -1.00 e. The van der Waals surface area contributed by atoms with Gasteiger partial charge in [0.05, 0.1) is 27.7 Å². The molecule has 0 fully saturated rings. The Morgan fingerprint density at radius 1 is 0.524 bits per heavy atom. The van der Waals surface area contributed by atoms with Crippen molar-refractivity contribution in [2.75, 3.05) is 34.3 Å². The van der Waals surface area contributed by atoms with Crippen LogP contribution in [-0.4, -0.2) is 43.9 Å². The van der Waals surface area contributed by atoms with Crippen molar-refractivity contribution < 1.29 is 26.6 Å². The fourth-order valence-electron chi connectivity index (χ4n) is 2.64. The fourth-order valence-corrected chi connectivity index (χ4v) is 2.64. The van der Waals surface area contributed by atoms with E-state index in [1.165, 1.54) is 83.6 Å². The molecule has 130 valence electrons. The van der Waals surface area contributed by atoms with Crippen LogP contribution >= 0.6 is 0 Å². The van der Waals surface area contributed by atoms with Gasteiger partial charge < -0.3 is 26.6 Å². The lowest BCUT2D eigenvalue weighted by Crippen LogP contribution is -3.00. The molecule has 0 spiro atoms. The van der Waals surface area contributed by atoms with E-state index in [2.05, 4.69) is 21.1 Å². The molecule has 2 nitrogen and oxygen atoms in total. The van der Waals surface area contributed by atoms with E-state index in [0.717, 1.165) is 10.9 Å². The maximum atomic E-state index is 8.68. The number of unbranched alkanes of at least 4 members (excludes halogenated alkanes) is 12. The summed E-state index contributed by atoms with van der Waals surface area (Å²) in [6.45, 7) is 1.69. The molecule has 0 saturated heterocycles. The lowest BCUT2D eigenvalue weighted by molar-refractivity contribution is -0.870. The summed E-state index contributed by atoms with van der Waals surface area (Å²) in [7, 11) is 6.84. The molecule has 0 unspecified atom stereocenters. The molecule has 0 aliphatic rings. The molecular weight excluding hydrogens is 326 g/mol. The summed E-state index contributed by atoms with van der Waals surface area (Å²) in [5.41, 5.74) is 0. The normalized spacial score (nSPS) is 11.4. The number of aliphatic hydroxyl groups excluding tert-OH is 1. The topological polar surface area (TPSA) is 20.2 Å². The first-order valence-corrected chi connectivity index (χ1v) is 8.97. The van der Waals surface area contributed by atoms with Gasteiger partial charge in [-0.3, -0.25) is 0 Å². The van der Waals surface area contributed by atoms with E-state index >= 15 is 0 Å². The maximum absolute atomic E-state index is 8.68. The van der Waals surface area contributed by atoms with Gasteiger partial charge in [-0.15, -0.1) is 0 Å². The summed E-state index contributed by atoms with van der Waals surface area (Å²) in [5.74, 6) is 0. The maximum Gasteiger partial charge on any atom is 0.0780 e. The Bertz CT molecular complexity index is 192. The highest BCUT2D eigenvalue weighted by atomic mass is 79.9. The van der Waals surface area contributed by atoms with Crippen LogP contribution in [0.5, 0.6) is 0 Å². The Hall–Kier alpha value is 0.400. The summed E-state index contributed by atoms with van der Waals surface area (Å²) in [4.78, 5) is 0. The van der Waals surface area contributed by atoms with Crippen LogP contribution in [0.1, 0.15) is 83.5 Å². The number of hydrogen-bond acceptors (Lipinski definition) is 1. The molecule has 0 heterocycles. The van der Waals surface area contributed by atoms with E-state index in [0.29, 0.717) is 6.61 Å². The van der Waals surface area contributed by atoms with E-state index in [-0.39, 0.29) is 17.0 Å². The van der Waals surface area contributed by atoms with Crippen molar-refractivity contribution >= 4 is 0 Å². The highest BCUT2D eigenvalue weighted by molar-refractivity contribution is 4.49. The number of quaternary nitrogens is 1. The van der Waals surface area contributed by atoms with Gasteiger partial charge in [0.1, 0.15) is 0 Å². The van der Waals surface area contributed by atoms with Crippen LogP contribution in [0, 0.1) is 0 Å². The van der Waals surface area contributed by atoms with Crippen molar-refractivity contribution in [2.24, 2.45) is 0 Å². The zero-order valence-corrected chi connectivity index (χ0v) is 16.5. The number of rotatable bonds is 15. The summed E-state index contributed by atoms with van der Waals surface area (Å²) < 4.78 is 1.11. The van der Waals surface area contributed by atoms with E-state index in [1.807, 2.05) is 0 Å². The average molecular weight is 366 g/mol. The van der Waals surface area contributed by atoms with Gasteiger partial charge in [0.2, 0.25) is 0 Å². The first-order chi connectivity index (χ1) is 9.56. The third-order valence-corrected chi connectivity index (χ3v) is 3.99. The van der Waals surface area contributed by atoms with Gasteiger partial charge in [-0.2, -0.15) is 0 Å². The second-order valence-corrected chi connectivity index (χ2v) is 7.33. The van der Waals surface area contributed by atoms with Gasteiger partial charge in [0.25, 0.3) is 0 Å². The van der Waals surface area contributed by atoms with Crippen LogP contribution in [0.25, 0.3) is 0 Å². The van der Waals surface area contributed by atoms with E-state index in [1.54, 1.807) is 0 Å². The summed E-state index contributed by atoms with van der Waals surface area (Å²) in [6, 6.07) is 0. The largest absolute Gasteiger partial charge is 1.00 e. The molecule has 3 heteroatoms. The molecule has 1 N–H and O–H groups in total. The molecule has 0 aromatic carbocycles. The van der Waals surface area contributed by atoms with Crippen molar-refractivity contribution in [3.63, 3.8) is 0 Å². The van der Waals surface area contributed by atoms with Crippen LogP contribution in [0.15, 0.2) is 0 Å². The lowest BCUT2D eigenvalue weighted by Gasteiger charge is -2.23. The summed E-state index contributed by atoms with van der Waals surface area (Å²) >= 11 is 0. The third kappa shape index (κ3) is 22.8. The molecule has 0 rings (SSSR count). The standard InChI is InChI=1S/C18H40NO.BrH/c1-19(2,3)17-15-13-11-9-7-5-4-6-8-10-12-14-16-18-20;/h20H,4-18H2,1-3H3;1H/q+1;/p-1. The second kappa shape index (κ2) is 16.8. The second-order valence-electron chi connectivity index (χ2n) is 7.33. The first-order valence-electron chi connectivity index (χ1n) is 8.97. The Kier molecular flexibility index (Phi) is 18.9. The predicted molar refractivity (Wildman–Crippen MR) is 90.0 cm³/mol. The van der Waals surface area contributed by atoms with Crippen LogP contribution in [0.3, 0.4) is 0 Å². The van der Waals surface area contributed by atoms with Gasteiger partial charge >= 0.3 is 0 Å². The molecule has 0 aromatic rings. The van der Waals surface area contributed by atoms with E-state index in [4.69, 9.17) is 5.11 Å². The van der Waals surface area contributed by atoms with Crippen LogP contribution < -0.4 is 17.0 Å². The van der Waals surface area contributed by atoms with Gasteiger partial charge in [0.15, 0.2) is 0 Å². The molecule has 0 amide bonds. The monoisotopic (exact) mass is 365 g/mol. The van der Waals surface area contributed by atoms with Crippen molar-refractivity contribution in [3.8, 4) is 0 Å². The summed E-state index contributed by atoms with van der Waals surface area (Å²) in [5, 5.41) is 8.68. The van der Waals surface area contributed by atoms with Gasteiger partial charge in [-0.05, 0) is 19.3 Å². The lowest BCUT2D eigenvalue weighted by atomic mass is 10.0. The third-order valence-electron chi connectivity index (χ3n) is 3.99. The van der Waals surface area contributed by atoms with Gasteiger partial charge in [-0.25, -0.2) is 0 Å². The molecular formula is C18H40BrNO. The molecule has 0 atom stereocenters. The zero-order chi connectivity index (χ0) is 15.1. The van der Waals surface area contributed by atoms with E-state index in [9.17, 15) is 0 Å². The van der Waals surface area contributed by atoms with Crippen LogP contribution in [0.4, 0.5) is 0 Å². The average Bonchev–Trinajstić information content (AvgIpc) is 2.38.